The zero-order chi connectivity index (χ0) is 11.5. The number of thioether (sulfide) groups is 1. The lowest BCUT2D eigenvalue weighted by molar-refractivity contribution is 0.276. The van der Waals surface area contributed by atoms with Crippen LogP contribution in [0.15, 0.2) is 6.07 Å². The monoisotopic (exact) mass is 226 g/mol. The van der Waals surface area contributed by atoms with E-state index in [1.165, 1.54) is 0 Å². The molecule has 15 heavy (non-hydrogen) atoms. The number of aliphatic hydroxyl groups excluding tert-OH is 1. The zero-order valence-electron chi connectivity index (χ0n) is 9.74. The predicted molar refractivity (Wildman–Crippen MR) is 63.7 cm³/mol. The van der Waals surface area contributed by atoms with Crippen molar-refractivity contribution in [2.75, 3.05) is 0 Å². The van der Waals surface area contributed by atoms with Gasteiger partial charge in [0.15, 0.2) is 0 Å². The van der Waals surface area contributed by atoms with Gasteiger partial charge in [0.05, 0.1) is 18.1 Å². The summed E-state index contributed by atoms with van der Waals surface area (Å²) in [5.41, 5.74) is 1.62. The molecule has 4 heteroatoms. The van der Waals surface area contributed by atoms with Crippen LogP contribution in [0, 0.1) is 6.92 Å². The molecule has 0 amide bonds. The van der Waals surface area contributed by atoms with E-state index in [4.69, 9.17) is 5.11 Å². The van der Waals surface area contributed by atoms with E-state index >= 15 is 0 Å². The molecular formula is C11H18N2OS. The van der Waals surface area contributed by atoms with Crippen LogP contribution in [0.2, 0.25) is 0 Å². The van der Waals surface area contributed by atoms with E-state index in [2.05, 4.69) is 30.7 Å². The second kappa shape index (κ2) is 4.94. The fourth-order valence-electron chi connectivity index (χ4n) is 1.13. The fraction of sp³-hybridized carbons (Fsp3) is 0.636. The maximum Gasteiger partial charge on any atom is 0.138 e. The van der Waals surface area contributed by atoms with Gasteiger partial charge in [0, 0.05) is 10.4 Å². The molecule has 0 unspecified atom stereocenters. The van der Waals surface area contributed by atoms with Crippen molar-refractivity contribution >= 4 is 11.8 Å². The molecule has 0 aliphatic carbocycles. The minimum Gasteiger partial charge on any atom is -0.390 e. The van der Waals surface area contributed by atoms with Crippen LogP contribution in [-0.2, 0) is 12.4 Å². The van der Waals surface area contributed by atoms with Crippen molar-refractivity contribution in [1.29, 1.82) is 0 Å². The van der Waals surface area contributed by atoms with E-state index in [0.717, 1.165) is 17.3 Å². The van der Waals surface area contributed by atoms with Gasteiger partial charge in [-0.2, -0.15) is 0 Å². The van der Waals surface area contributed by atoms with E-state index in [-0.39, 0.29) is 11.4 Å². The second-order valence-electron chi connectivity index (χ2n) is 4.48. The average Bonchev–Trinajstić information content (AvgIpc) is 2.13. The standard InChI is InChI=1S/C11H18N2OS/c1-8-5-9(6-14)13-10(12-8)7-15-11(2,3)4/h5,14H,6-7H2,1-4H3. The van der Waals surface area contributed by atoms with Crippen molar-refractivity contribution in [3.05, 3.63) is 23.3 Å². The largest absolute Gasteiger partial charge is 0.390 e. The Hall–Kier alpha value is -0.610. The maximum absolute atomic E-state index is 9.02. The maximum atomic E-state index is 9.02. The highest BCUT2D eigenvalue weighted by Crippen LogP contribution is 2.25. The van der Waals surface area contributed by atoms with Gasteiger partial charge in [-0.1, -0.05) is 20.8 Å². The van der Waals surface area contributed by atoms with Crippen molar-refractivity contribution in [2.45, 2.75) is 44.8 Å². The average molecular weight is 226 g/mol. The molecule has 0 saturated heterocycles. The van der Waals surface area contributed by atoms with Crippen LogP contribution >= 0.6 is 11.8 Å². The summed E-state index contributed by atoms with van der Waals surface area (Å²) in [5.74, 6) is 1.59. The summed E-state index contributed by atoms with van der Waals surface area (Å²) >= 11 is 1.81. The summed E-state index contributed by atoms with van der Waals surface area (Å²) in [4.78, 5) is 8.61. The first-order valence-electron chi connectivity index (χ1n) is 4.99. The molecule has 0 aliphatic heterocycles. The van der Waals surface area contributed by atoms with Gasteiger partial charge in [-0.25, -0.2) is 9.97 Å². The van der Waals surface area contributed by atoms with Crippen molar-refractivity contribution < 1.29 is 5.11 Å². The van der Waals surface area contributed by atoms with Crippen LogP contribution in [0.3, 0.4) is 0 Å². The SMILES string of the molecule is Cc1cc(CO)nc(CSC(C)(C)C)n1. The van der Waals surface area contributed by atoms with Crippen LogP contribution in [0.1, 0.15) is 38.0 Å². The van der Waals surface area contributed by atoms with E-state index in [9.17, 15) is 0 Å². The highest BCUT2D eigenvalue weighted by Gasteiger charge is 2.12. The summed E-state index contributed by atoms with van der Waals surface area (Å²) in [6.45, 7) is 8.41. The Morgan fingerprint density at radius 3 is 2.53 bits per heavy atom. The molecule has 0 saturated carbocycles. The van der Waals surface area contributed by atoms with E-state index in [1.807, 2.05) is 24.8 Å². The minimum absolute atomic E-state index is 0.0173. The fourth-order valence-corrected chi connectivity index (χ4v) is 1.82. The third-order valence-corrected chi connectivity index (χ3v) is 3.02. The van der Waals surface area contributed by atoms with Crippen LogP contribution in [0.25, 0.3) is 0 Å². The molecular weight excluding hydrogens is 208 g/mol. The first-order chi connectivity index (χ1) is 6.90. The third kappa shape index (κ3) is 4.62. The lowest BCUT2D eigenvalue weighted by Crippen LogP contribution is -2.09. The highest BCUT2D eigenvalue weighted by atomic mass is 32.2. The molecule has 1 aromatic rings. The van der Waals surface area contributed by atoms with Gasteiger partial charge in [0.1, 0.15) is 5.82 Å². The van der Waals surface area contributed by atoms with Gasteiger partial charge in [-0.15, -0.1) is 11.8 Å². The topological polar surface area (TPSA) is 46.0 Å². The molecule has 3 nitrogen and oxygen atoms in total. The van der Waals surface area contributed by atoms with Gasteiger partial charge in [0.2, 0.25) is 0 Å². The number of rotatable bonds is 3. The van der Waals surface area contributed by atoms with Crippen molar-refractivity contribution in [1.82, 2.24) is 9.97 Å². The zero-order valence-corrected chi connectivity index (χ0v) is 10.6. The van der Waals surface area contributed by atoms with Crippen molar-refractivity contribution in [3.8, 4) is 0 Å². The first-order valence-corrected chi connectivity index (χ1v) is 5.97. The van der Waals surface area contributed by atoms with Crippen LogP contribution in [-0.4, -0.2) is 19.8 Å². The third-order valence-electron chi connectivity index (χ3n) is 1.75. The first kappa shape index (κ1) is 12.5. The molecule has 1 rings (SSSR count). The summed E-state index contributed by atoms with van der Waals surface area (Å²) in [5, 5.41) is 9.02. The van der Waals surface area contributed by atoms with Crippen LogP contribution < -0.4 is 0 Å². The molecule has 0 bridgehead atoms. The molecule has 0 atom stereocenters. The van der Waals surface area contributed by atoms with Crippen LogP contribution in [0.4, 0.5) is 0 Å². The Labute approximate surface area is 95.3 Å². The summed E-state index contributed by atoms with van der Waals surface area (Å²) in [6, 6.07) is 1.81. The van der Waals surface area contributed by atoms with Crippen molar-refractivity contribution in [2.24, 2.45) is 0 Å². The Morgan fingerprint density at radius 2 is 2.00 bits per heavy atom. The lowest BCUT2D eigenvalue weighted by atomic mass is 10.3. The summed E-state index contributed by atoms with van der Waals surface area (Å²) in [6.07, 6.45) is 0. The van der Waals surface area contributed by atoms with Gasteiger partial charge in [-0.3, -0.25) is 0 Å². The Bertz CT molecular complexity index is 334. The second-order valence-corrected chi connectivity index (χ2v) is 6.28. The smallest absolute Gasteiger partial charge is 0.138 e. The Balaban J connectivity index is 2.73. The number of aromatic nitrogens is 2. The number of aliphatic hydroxyl groups is 1. The lowest BCUT2D eigenvalue weighted by Gasteiger charge is -2.16. The molecule has 1 aromatic heterocycles. The van der Waals surface area contributed by atoms with Crippen molar-refractivity contribution in [3.63, 3.8) is 0 Å². The summed E-state index contributed by atoms with van der Waals surface area (Å²) < 4.78 is 0.215. The summed E-state index contributed by atoms with van der Waals surface area (Å²) in [7, 11) is 0. The van der Waals surface area contributed by atoms with E-state index in [0.29, 0.717) is 5.69 Å². The quantitative estimate of drug-likeness (QED) is 0.859. The predicted octanol–water partition coefficient (Wildman–Crippen LogP) is 2.31. The molecule has 0 aromatic carbocycles. The van der Waals surface area contributed by atoms with E-state index in [1.54, 1.807) is 0 Å². The number of aryl methyl sites for hydroxylation is 1. The normalized spacial score (nSPS) is 11.8. The van der Waals surface area contributed by atoms with Gasteiger partial charge in [0.25, 0.3) is 0 Å². The molecule has 1 N–H and O–H groups in total. The number of hydrogen-bond donors (Lipinski definition) is 1. The number of nitrogens with zero attached hydrogens (tertiary/aromatic N) is 2. The molecule has 0 aliphatic rings. The van der Waals surface area contributed by atoms with Gasteiger partial charge >= 0.3 is 0 Å². The number of hydrogen-bond acceptors (Lipinski definition) is 4. The highest BCUT2D eigenvalue weighted by molar-refractivity contribution is 7.99. The molecule has 0 radical (unpaired) electrons. The van der Waals surface area contributed by atoms with Gasteiger partial charge < -0.3 is 5.11 Å². The van der Waals surface area contributed by atoms with Gasteiger partial charge in [-0.05, 0) is 13.0 Å². The molecule has 84 valence electrons. The van der Waals surface area contributed by atoms with Crippen LogP contribution in [0.5, 0.6) is 0 Å². The molecule has 0 fully saturated rings. The Kier molecular flexibility index (Phi) is 4.11. The molecule has 1 heterocycles. The molecule has 0 spiro atoms. The Morgan fingerprint density at radius 1 is 1.33 bits per heavy atom. The minimum atomic E-state index is -0.0173. The van der Waals surface area contributed by atoms with E-state index < -0.39 is 0 Å².